The van der Waals surface area contributed by atoms with Crippen LogP contribution in [0.15, 0.2) is 40.5 Å². The highest BCUT2D eigenvalue weighted by Gasteiger charge is 2.62. The summed E-state index contributed by atoms with van der Waals surface area (Å²) in [6.07, 6.45) is 2.28. The Morgan fingerprint density at radius 1 is 1.14 bits per heavy atom. The molecule has 0 amide bonds. The Bertz CT molecular complexity index is 1100. The summed E-state index contributed by atoms with van der Waals surface area (Å²) >= 11 is 1.65. The van der Waals surface area contributed by atoms with Crippen molar-refractivity contribution in [3.05, 3.63) is 73.6 Å². The molecule has 1 saturated carbocycles. The molecule has 5 heteroatoms. The molecule has 1 aromatic carbocycles. The first-order valence-electron chi connectivity index (χ1n) is 10.1. The van der Waals surface area contributed by atoms with Crippen LogP contribution in [-0.4, -0.2) is 14.3 Å². The van der Waals surface area contributed by atoms with Crippen molar-refractivity contribution in [1.29, 1.82) is 0 Å². The Balaban J connectivity index is 1.70. The van der Waals surface area contributed by atoms with Crippen LogP contribution in [0.4, 0.5) is 0 Å². The lowest BCUT2D eigenvalue weighted by Gasteiger charge is -2.36. The molecule has 5 rings (SSSR count). The average molecular weight is 394 g/mol. The average Bonchev–Trinajstić information content (AvgIpc) is 3.31. The van der Waals surface area contributed by atoms with Crippen molar-refractivity contribution in [3.63, 3.8) is 0 Å². The predicted molar refractivity (Wildman–Crippen MR) is 113 cm³/mol. The molecule has 28 heavy (non-hydrogen) atoms. The van der Waals surface area contributed by atoms with Crippen molar-refractivity contribution in [2.45, 2.75) is 65.0 Å². The second-order valence-electron chi connectivity index (χ2n) is 9.17. The Hall–Kier alpha value is -2.14. The van der Waals surface area contributed by atoms with Gasteiger partial charge in [0, 0.05) is 16.4 Å². The van der Waals surface area contributed by atoms with Gasteiger partial charge in [-0.05, 0) is 36.7 Å². The minimum atomic E-state index is 0.0458. The van der Waals surface area contributed by atoms with Gasteiger partial charge in [0.2, 0.25) is 0 Å². The number of fused-ring (bicyclic) bond motifs is 5. The molecule has 2 bridgehead atoms. The molecular weight excluding hydrogens is 366 g/mol. The lowest BCUT2D eigenvalue weighted by molar-refractivity contribution is 0.214. The summed E-state index contributed by atoms with van der Waals surface area (Å²) in [7, 11) is 0. The van der Waals surface area contributed by atoms with Crippen LogP contribution in [0.3, 0.4) is 0 Å². The Morgan fingerprint density at radius 2 is 1.89 bits per heavy atom. The summed E-state index contributed by atoms with van der Waals surface area (Å²) in [6.45, 7) is 10.4. The molecule has 0 aliphatic heterocycles. The fraction of sp³-hybridized carbons (Fsp3) is 0.478. The Kier molecular flexibility index (Phi) is 3.80. The maximum absolute atomic E-state index is 13.6. The third kappa shape index (κ3) is 2.29. The summed E-state index contributed by atoms with van der Waals surface area (Å²) in [5, 5.41) is 3.12. The van der Waals surface area contributed by atoms with Crippen molar-refractivity contribution in [1.82, 2.24) is 14.3 Å². The van der Waals surface area contributed by atoms with Gasteiger partial charge in [-0.1, -0.05) is 51.1 Å². The van der Waals surface area contributed by atoms with Crippen molar-refractivity contribution in [2.75, 3.05) is 0 Å². The maximum Gasteiger partial charge on any atom is 0.270 e. The first-order chi connectivity index (χ1) is 13.3. The quantitative estimate of drug-likeness (QED) is 0.645. The van der Waals surface area contributed by atoms with Crippen molar-refractivity contribution >= 4 is 11.3 Å². The molecule has 2 aromatic heterocycles. The third-order valence-corrected chi connectivity index (χ3v) is 8.34. The van der Waals surface area contributed by atoms with Crippen LogP contribution in [-0.2, 0) is 18.5 Å². The molecule has 1 unspecified atom stereocenters. The molecule has 2 heterocycles. The van der Waals surface area contributed by atoms with E-state index >= 15 is 0 Å². The molecule has 2 aliphatic rings. The smallest absolute Gasteiger partial charge is 0.270 e. The molecule has 2 aliphatic carbocycles. The van der Waals surface area contributed by atoms with Crippen LogP contribution >= 0.6 is 11.3 Å². The van der Waals surface area contributed by atoms with Gasteiger partial charge in [0.25, 0.3) is 5.56 Å². The molecule has 0 N–H and O–H groups in total. The fourth-order valence-electron chi connectivity index (χ4n) is 5.65. The fourth-order valence-corrected chi connectivity index (χ4v) is 6.25. The molecule has 2 atom stereocenters. The lowest BCUT2D eigenvalue weighted by atomic mass is 9.70. The van der Waals surface area contributed by atoms with E-state index in [9.17, 15) is 4.79 Å². The van der Waals surface area contributed by atoms with Gasteiger partial charge in [-0.2, -0.15) is 0 Å². The monoisotopic (exact) mass is 393 g/mol. The highest BCUT2D eigenvalue weighted by molar-refractivity contribution is 7.09. The summed E-state index contributed by atoms with van der Waals surface area (Å²) in [5.74, 6) is 0.362. The van der Waals surface area contributed by atoms with E-state index in [-0.39, 0.29) is 16.4 Å². The normalized spacial score (nSPS) is 24.6. The summed E-state index contributed by atoms with van der Waals surface area (Å²) in [5.41, 5.74) is 4.92. The second kappa shape index (κ2) is 5.93. The number of aromatic nitrogens is 3. The number of nitrogens with zero attached hydrogens (tertiary/aromatic N) is 3. The van der Waals surface area contributed by atoms with Crippen LogP contribution in [0, 0.1) is 12.3 Å². The second-order valence-corrected chi connectivity index (χ2v) is 10.2. The van der Waals surface area contributed by atoms with E-state index in [0.717, 1.165) is 35.7 Å². The van der Waals surface area contributed by atoms with Crippen LogP contribution in [0.25, 0.3) is 0 Å². The minimum absolute atomic E-state index is 0.0458. The first kappa shape index (κ1) is 17.9. The van der Waals surface area contributed by atoms with Gasteiger partial charge >= 0.3 is 0 Å². The standard InChI is InChI=1S/C23H27N3OS/c1-15-24-17(14-28-15)13-26-21(27)19-18-10-11-23(4,22(18,2)3)20(19)25(26)12-16-8-6-5-7-9-16/h5-9,14,18H,10-13H2,1-4H3/t18?,23-/m1/s1. The highest BCUT2D eigenvalue weighted by atomic mass is 32.1. The number of rotatable bonds is 4. The van der Waals surface area contributed by atoms with Gasteiger partial charge in [0.05, 0.1) is 29.5 Å². The molecule has 0 spiro atoms. The van der Waals surface area contributed by atoms with Crippen molar-refractivity contribution < 1.29 is 0 Å². The van der Waals surface area contributed by atoms with Gasteiger partial charge < -0.3 is 0 Å². The minimum Gasteiger partial charge on any atom is -0.281 e. The maximum atomic E-state index is 13.6. The summed E-state index contributed by atoms with van der Waals surface area (Å²) in [6, 6.07) is 10.5. The van der Waals surface area contributed by atoms with Gasteiger partial charge in [0.15, 0.2) is 0 Å². The molecule has 3 aromatic rings. The van der Waals surface area contributed by atoms with Gasteiger partial charge in [0.1, 0.15) is 0 Å². The number of hydrogen-bond acceptors (Lipinski definition) is 3. The summed E-state index contributed by atoms with van der Waals surface area (Å²) in [4.78, 5) is 18.2. The Labute approximate surface area is 169 Å². The first-order valence-corrected chi connectivity index (χ1v) is 11.0. The molecule has 0 saturated heterocycles. The van der Waals surface area contributed by atoms with Crippen LogP contribution in [0.5, 0.6) is 0 Å². The number of benzene rings is 1. The van der Waals surface area contributed by atoms with Crippen LogP contribution < -0.4 is 5.56 Å². The van der Waals surface area contributed by atoms with E-state index in [2.05, 4.69) is 60.1 Å². The SMILES string of the molecule is Cc1nc(Cn2c(=O)c3c(n2Cc2ccccc2)[C@@]2(C)CCC3C2(C)C)cs1. The number of aryl methyl sites for hydroxylation is 1. The van der Waals surface area contributed by atoms with Crippen molar-refractivity contribution in [2.24, 2.45) is 5.41 Å². The zero-order valence-corrected chi connectivity index (χ0v) is 17.8. The third-order valence-electron chi connectivity index (χ3n) is 7.52. The zero-order valence-electron chi connectivity index (χ0n) is 17.0. The van der Waals surface area contributed by atoms with Crippen LogP contribution in [0.2, 0.25) is 0 Å². The van der Waals surface area contributed by atoms with E-state index in [0.29, 0.717) is 12.5 Å². The topological polar surface area (TPSA) is 39.8 Å². The number of thiazole rings is 1. The largest absolute Gasteiger partial charge is 0.281 e. The van der Waals surface area contributed by atoms with Crippen molar-refractivity contribution in [3.8, 4) is 0 Å². The molecule has 4 nitrogen and oxygen atoms in total. The van der Waals surface area contributed by atoms with E-state index in [4.69, 9.17) is 0 Å². The van der Waals surface area contributed by atoms with Gasteiger partial charge in [-0.15, -0.1) is 11.3 Å². The van der Waals surface area contributed by atoms with Gasteiger partial charge in [-0.3, -0.25) is 9.48 Å². The Morgan fingerprint density at radius 3 is 2.57 bits per heavy atom. The van der Waals surface area contributed by atoms with E-state index < -0.39 is 0 Å². The zero-order chi connectivity index (χ0) is 19.7. The number of hydrogen-bond donors (Lipinski definition) is 0. The van der Waals surface area contributed by atoms with Crippen LogP contribution in [0.1, 0.15) is 67.1 Å². The molecule has 146 valence electrons. The van der Waals surface area contributed by atoms with E-state index in [1.807, 2.05) is 17.7 Å². The van der Waals surface area contributed by atoms with E-state index in [1.165, 1.54) is 11.3 Å². The summed E-state index contributed by atoms with van der Waals surface area (Å²) < 4.78 is 4.24. The van der Waals surface area contributed by atoms with E-state index in [1.54, 1.807) is 11.3 Å². The lowest BCUT2D eigenvalue weighted by Crippen LogP contribution is -2.36. The predicted octanol–water partition coefficient (Wildman–Crippen LogP) is 4.69. The molecule has 0 radical (unpaired) electrons. The highest BCUT2D eigenvalue weighted by Crippen LogP contribution is 2.67. The van der Waals surface area contributed by atoms with Gasteiger partial charge in [-0.25, -0.2) is 9.67 Å². The molecule has 1 fully saturated rings. The molecular formula is C23H27N3OS.